The summed E-state index contributed by atoms with van der Waals surface area (Å²) < 4.78 is 0. The molecule has 0 spiro atoms. The zero-order chi connectivity index (χ0) is 12.5. The number of fused-ring (bicyclic) bond motifs is 1. The van der Waals surface area contributed by atoms with Gasteiger partial charge in [-0.25, -0.2) is 0 Å². The SMILES string of the molecule is CN=C1NC(=O)C(c2cncc3ccccc23)N1. The van der Waals surface area contributed by atoms with Crippen LogP contribution in [0.2, 0.25) is 0 Å². The number of hydrogen-bond acceptors (Lipinski definition) is 3. The van der Waals surface area contributed by atoms with Crippen LogP contribution in [0.15, 0.2) is 41.7 Å². The van der Waals surface area contributed by atoms with E-state index in [1.165, 1.54) is 0 Å². The van der Waals surface area contributed by atoms with E-state index in [0.717, 1.165) is 16.3 Å². The number of benzene rings is 1. The summed E-state index contributed by atoms with van der Waals surface area (Å²) in [6, 6.07) is 7.44. The molecule has 0 saturated carbocycles. The molecule has 1 atom stereocenters. The Bertz CT molecular complexity index is 645. The van der Waals surface area contributed by atoms with E-state index >= 15 is 0 Å². The maximum atomic E-state index is 11.9. The Hall–Kier alpha value is -2.43. The van der Waals surface area contributed by atoms with Crippen LogP contribution >= 0.6 is 0 Å². The average Bonchev–Trinajstić information content (AvgIpc) is 2.79. The van der Waals surface area contributed by atoms with Crippen molar-refractivity contribution in [1.29, 1.82) is 0 Å². The highest BCUT2D eigenvalue weighted by molar-refractivity contribution is 6.08. The molecule has 1 aliphatic rings. The lowest BCUT2D eigenvalue weighted by Gasteiger charge is -2.10. The molecule has 1 aliphatic heterocycles. The van der Waals surface area contributed by atoms with Crippen molar-refractivity contribution in [3.8, 4) is 0 Å². The summed E-state index contributed by atoms with van der Waals surface area (Å²) in [4.78, 5) is 20.0. The van der Waals surface area contributed by atoms with E-state index in [9.17, 15) is 4.79 Å². The van der Waals surface area contributed by atoms with Gasteiger partial charge in [0.15, 0.2) is 5.96 Å². The minimum absolute atomic E-state index is 0.103. The monoisotopic (exact) mass is 240 g/mol. The largest absolute Gasteiger partial charge is 0.340 e. The van der Waals surface area contributed by atoms with Gasteiger partial charge in [0.25, 0.3) is 5.91 Å². The molecule has 1 saturated heterocycles. The number of pyridine rings is 1. The molecule has 1 amide bonds. The molecule has 5 nitrogen and oxygen atoms in total. The zero-order valence-electron chi connectivity index (χ0n) is 9.84. The van der Waals surface area contributed by atoms with Gasteiger partial charge < -0.3 is 5.32 Å². The van der Waals surface area contributed by atoms with Crippen molar-refractivity contribution in [3.63, 3.8) is 0 Å². The van der Waals surface area contributed by atoms with Gasteiger partial charge in [-0.1, -0.05) is 24.3 Å². The van der Waals surface area contributed by atoms with Crippen LogP contribution in [0.25, 0.3) is 10.8 Å². The summed E-state index contributed by atoms with van der Waals surface area (Å²) in [6.45, 7) is 0. The van der Waals surface area contributed by atoms with Gasteiger partial charge in [-0.15, -0.1) is 0 Å². The van der Waals surface area contributed by atoms with Gasteiger partial charge in [-0.2, -0.15) is 0 Å². The number of aliphatic imine (C=N–C) groups is 1. The second kappa shape index (κ2) is 4.10. The van der Waals surface area contributed by atoms with Crippen LogP contribution in [-0.2, 0) is 4.79 Å². The molecule has 3 rings (SSSR count). The number of hydrogen-bond donors (Lipinski definition) is 2. The molecule has 2 heterocycles. The van der Waals surface area contributed by atoms with E-state index < -0.39 is 6.04 Å². The predicted molar refractivity (Wildman–Crippen MR) is 69.1 cm³/mol. The minimum Gasteiger partial charge on any atom is -0.340 e. The van der Waals surface area contributed by atoms with Gasteiger partial charge >= 0.3 is 0 Å². The maximum Gasteiger partial charge on any atom is 0.253 e. The predicted octanol–water partition coefficient (Wildman–Crippen LogP) is 0.981. The van der Waals surface area contributed by atoms with Crippen LogP contribution in [0.3, 0.4) is 0 Å². The third-order valence-corrected chi connectivity index (χ3v) is 3.02. The first-order valence-electron chi connectivity index (χ1n) is 5.66. The molecule has 1 aromatic carbocycles. The first-order valence-corrected chi connectivity index (χ1v) is 5.66. The molecule has 1 fully saturated rings. The van der Waals surface area contributed by atoms with Gasteiger partial charge in [-0.05, 0) is 5.39 Å². The van der Waals surface area contributed by atoms with E-state index in [1.54, 1.807) is 19.4 Å². The summed E-state index contributed by atoms with van der Waals surface area (Å²) in [5.74, 6) is 0.395. The fourth-order valence-electron chi connectivity index (χ4n) is 2.14. The van der Waals surface area contributed by atoms with Crippen molar-refractivity contribution in [2.45, 2.75) is 6.04 Å². The number of carbonyl (C=O) groups is 1. The molecule has 2 N–H and O–H groups in total. The van der Waals surface area contributed by atoms with Crippen molar-refractivity contribution < 1.29 is 4.79 Å². The van der Waals surface area contributed by atoms with Crippen molar-refractivity contribution in [2.24, 2.45) is 4.99 Å². The lowest BCUT2D eigenvalue weighted by Crippen LogP contribution is -2.24. The highest BCUT2D eigenvalue weighted by Crippen LogP contribution is 2.24. The van der Waals surface area contributed by atoms with Crippen LogP contribution in [0.5, 0.6) is 0 Å². The topological polar surface area (TPSA) is 66.4 Å². The fourth-order valence-corrected chi connectivity index (χ4v) is 2.14. The van der Waals surface area contributed by atoms with E-state index in [2.05, 4.69) is 20.6 Å². The van der Waals surface area contributed by atoms with Crippen LogP contribution in [-0.4, -0.2) is 23.9 Å². The van der Waals surface area contributed by atoms with Crippen molar-refractivity contribution >= 4 is 22.6 Å². The smallest absolute Gasteiger partial charge is 0.253 e. The standard InChI is InChI=1S/C13H12N4O/c1-14-13-16-11(12(18)17-13)10-7-15-6-8-4-2-3-5-9(8)10/h2-7,11H,1H3,(H2,14,16,17,18). The minimum atomic E-state index is -0.428. The fraction of sp³-hybridized carbons (Fsp3) is 0.154. The van der Waals surface area contributed by atoms with Crippen LogP contribution < -0.4 is 10.6 Å². The Morgan fingerprint density at radius 1 is 1.28 bits per heavy atom. The number of nitrogens with one attached hydrogen (secondary N) is 2. The Morgan fingerprint density at radius 3 is 2.89 bits per heavy atom. The molecule has 1 unspecified atom stereocenters. The summed E-state index contributed by atoms with van der Waals surface area (Å²) in [7, 11) is 1.63. The third-order valence-electron chi connectivity index (χ3n) is 3.02. The second-order valence-corrected chi connectivity index (χ2v) is 4.09. The normalized spacial score (nSPS) is 21.1. The molecule has 0 aliphatic carbocycles. The third kappa shape index (κ3) is 1.60. The molecule has 90 valence electrons. The summed E-state index contributed by atoms with van der Waals surface area (Å²) in [6.07, 6.45) is 3.51. The van der Waals surface area contributed by atoms with E-state index in [-0.39, 0.29) is 5.91 Å². The van der Waals surface area contributed by atoms with Crippen molar-refractivity contribution in [2.75, 3.05) is 7.05 Å². The molecule has 5 heteroatoms. The average molecular weight is 240 g/mol. The van der Waals surface area contributed by atoms with E-state index in [1.807, 2.05) is 24.3 Å². The van der Waals surface area contributed by atoms with Gasteiger partial charge in [-0.3, -0.25) is 20.1 Å². The molecular weight excluding hydrogens is 228 g/mol. The Morgan fingerprint density at radius 2 is 2.11 bits per heavy atom. The number of aromatic nitrogens is 1. The zero-order valence-corrected chi connectivity index (χ0v) is 9.84. The van der Waals surface area contributed by atoms with Crippen LogP contribution in [0.4, 0.5) is 0 Å². The Labute approximate surface area is 104 Å². The number of nitrogens with zero attached hydrogens (tertiary/aromatic N) is 2. The molecular formula is C13H12N4O. The Kier molecular flexibility index (Phi) is 2.44. The lowest BCUT2D eigenvalue weighted by molar-refractivity contribution is -0.120. The van der Waals surface area contributed by atoms with Crippen LogP contribution in [0.1, 0.15) is 11.6 Å². The summed E-state index contributed by atoms with van der Waals surface area (Å²) in [5.41, 5.74) is 0.865. The number of carbonyl (C=O) groups excluding carboxylic acids is 1. The lowest BCUT2D eigenvalue weighted by atomic mass is 10.0. The summed E-state index contributed by atoms with van der Waals surface area (Å²) in [5, 5.41) is 7.78. The number of guanidine groups is 1. The van der Waals surface area contributed by atoms with Crippen molar-refractivity contribution in [3.05, 3.63) is 42.2 Å². The quantitative estimate of drug-likeness (QED) is 0.781. The summed E-state index contributed by atoms with van der Waals surface area (Å²) >= 11 is 0. The molecule has 0 radical (unpaired) electrons. The van der Waals surface area contributed by atoms with Gasteiger partial charge in [0.1, 0.15) is 6.04 Å². The van der Waals surface area contributed by atoms with Crippen molar-refractivity contribution in [1.82, 2.24) is 15.6 Å². The maximum absolute atomic E-state index is 11.9. The number of amides is 1. The first kappa shape index (κ1) is 10.7. The first-order chi connectivity index (χ1) is 8.79. The van der Waals surface area contributed by atoms with Gasteiger partial charge in [0.05, 0.1) is 0 Å². The van der Waals surface area contributed by atoms with E-state index in [0.29, 0.717) is 5.96 Å². The number of rotatable bonds is 1. The Balaban J connectivity index is 2.13. The highest BCUT2D eigenvalue weighted by atomic mass is 16.2. The molecule has 0 bridgehead atoms. The second-order valence-electron chi connectivity index (χ2n) is 4.09. The highest BCUT2D eigenvalue weighted by Gasteiger charge is 2.30. The van der Waals surface area contributed by atoms with Crippen LogP contribution in [0, 0.1) is 0 Å². The molecule has 2 aromatic rings. The van der Waals surface area contributed by atoms with Gasteiger partial charge in [0, 0.05) is 30.4 Å². The molecule has 18 heavy (non-hydrogen) atoms. The molecule has 1 aromatic heterocycles. The van der Waals surface area contributed by atoms with Gasteiger partial charge in [0.2, 0.25) is 0 Å². The van der Waals surface area contributed by atoms with E-state index in [4.69, 9.17) is 0 Å².